The number of fused-ring (bicyclic) bond motifs is 1. The number of para-hydroxylation sites is 1. The number of nitrogens with zero attached hydrogens (tertiary/aromatic N) is 2. The number of aromatic nitrogens is 2. The van der Waals surface area contributed by atoms with Gasteiger partial charge in [-0.25, -0.2) is 9.97 Å². The Labute approximate surface area is 157 Å². The molecule has 1 unspecified atom stereocenters. The van der Waals surface area contributed by atoms with E-state index >= 15 is 0 Å². The molecule has 2 aromatic heterocycles. The highest BCUT2D eigenvalue weighted by atomic mass is 16.5. The molecule has 2 heterocycles. The lowest BCUT2D eigenvalue weighted by molar-refractivity contribution is 0.0901. The van der Waals surface area contributed by atoms with Crippen LogP contribution in [0.25, 0.3) is 0 Å². The molecule has 0 aliphatic heterocycles. The minimum atomic E-state index is -0.245. The summed E-state index contributed by atoms with van der Waals surface area (Å²) in [6.45, 7) is 2.15. The lowest BCUT2D eigenvalue weighted by atomic mass is 9.92. The van der Waals surface area contributed by atoms with Gasteiger partial charge in [0.2, 0.25) is 0 Å². The van der Waals surface area contributed by atoms with Crippen LogP contribution < -0.4 is 10.1 Å². The van der Waals surface area contributed by atoms with Crippen molar-refractivity contribution in [1.29, 1.82) is 0 Å². The Bertz CT molecular complexity index is 937. The number of furan rings is 1. The van der Waals surface area contributed by atoms with Crippen molar-refractivity contribution in [3.05, 3.63) is 77.3 Å². The Balaban J connectivity index is 1.46. The molecular weight excluding hydrogens is 342 g/mol. The summed E-state index contributed by atoms with van der Waals surface area (Å²) in [5.74, 6) is 1.54. The first-order chi connectivity index (χ1) is 13.2. The Morgan fingerprint density at radius 1 is 1.30 bits per heavy atom. The van der Waals surface area contributed by atoms with Gasteiger partial charge < -0.3 is 14.5 Å². The normalized spacial score (nSPS) is 15.8. The fourth-order valence-corrected chi connectivity index (χ4v) is 3.35. The fraction of sp³-hybridized carbons (Fsp3) is 0.286. The largest absolute Gasteiger partial charge is 0.489 e. The number of hydrogen-bond donors (Lipinski definition) is 1. The van der Waals surface area contributed by atoms with Crippen molar-refractivity contribution in [2.24, 2.45) is 0 Å². The number of nitrogens with one attached hydrogen (secondary N) is 1. The number of amides is 1. The van der Waals surface area contributed by atoms with Gasteiger partial charge in [0.05, 0.1) is 12.3 Å². The monoisotopic (exact) mass is 363 g/mol. The highest BCUT2D eigenvalue weighted by Crippen LogP contribution is 2.28. The molecule has 3 aromatic rings. The molecule has 0 saturated heterocycles. The molecule has 1 N–H and O–H groups in total. The van der Waals surface area contributed by atoms with Gasteiger partial charge in [0.25, 0.3) is 5.91 Å². The van der Waals surface area contributed by atoms with Gasteiger partial charge in [0.1, 0.15) is 18.2 Å². The van der Waals surface area contributed by atoms with Gasteiger partial charge in [0.15, 0.2) is 5.76 Å². The standard InChI is InChI=1S/C21H21N3O3/c1-14-22-12-17-18(23-14)8-5-9-19(17)24-21(25)20-15(10-11-26-20)13-27-16-6-3-2-4-7-16/h2-4,6-7,10-12,19H,5,8-9,13H2,1H3,(H,24,25). The molecule has 0 fully saturated rings. The van der Waals surface area contributed by atoms with Gasteiger partial charge in [-0.2, -0.15) is 0 Å². The van der Waals surface area contributed by atoms with Gasteiger partial charge in [-0.15, -0.1) is 0 Å². The maximum absolute atomic E-state index is 12.8. The van der Waals surface area contributed by atoms with E-state index in [1.54, 1.807) is 6.07 Å². The highest BCUT2D eigenvalue weighted by Gasteiger charge is 2.26. The van der Waals surface area contributed by atoms with Crippen molar-refractivity contribution in [2.75, 3.05) is 0 Å². The minimum Gasteiger partial charge on any atom is -0.489 e. The van der Waals surface area contributed by atoms with Crippen LogP contribution >= 0.6 is 0 Å². The van der Waals surface area contributed by atoms with E-state index in [2.05, 4.69) is 15.3 Å². The number of carbonyl (C=O) groups is 1. The molecule has 1 aliphatic rings. The molecule has 27 heavy (non-hydrogen) atoms. The van der Waals surface area contributed by atoms with Gasteiger partial charge in [-0.3, -0.25) is 4.79 Å². The van der Waals surface area contributed by atoms with Crippen molar-refractivity contribution >= 4 is 5.91 Å². The van der Waals surface area contributed by atoms with Gasteiger partial charge in [-0.05, 0) is 44.4 Å². The number of rotatable bonds is 5. The first-order valence-electron chi connectivity index (χ1n) is 9.08. The molecule has 6 nitrogen and oxygen atoms in total. The van der Waals surface area contributed by atoms with Gasteiger partial charge in [-0.1, -0.05) is 18.2 Å². The summed E-state index contributed by atoms with van der Waals surface area (Å²) >= 11 is 0. The third-order valence-corrected chi connectivity index (χ3v) is 4.70. The van der Waals surface area contributed by atoms with E-state index in [9.17, 15) is 4.79 Å². The van der Waals surface area contributed by atoms with Crippen LogP contribution in [0.1, 0.15) is 52.1 Å². The summed E-state index contributed by atoms with van der Waals surface area (Å²) in [4.78, 5) is 21.6. The zero-order chi connectivity index (χ0) is 18.6. The molecule has 4 rings (SSSR count). The van der Waals surface area contributed by atoms with Crippen molar-refractivity contribution < 1.29 is 13.9 Å². The quantitative estimate of drug-likeness (QED) is 0.747. The van der Waals surface area contributed by atoms with Crippen LogP contribution in [0.15, 0.2) is 53.3 Å². The number of ether oxygens (including phenoxy) is 1. The van der Waals surface area contributed by atoms with E-state index in [-0.39, 0.29) is 24.3 Å². The van der Waals surface area contributed by atoms with Crippen LogP contribution in [-0.4, -0.2) is 15.9 Å². The zero-order valence-electron chi connectivity index (χ0n) is 15.1. The Hall–Kier alpha value is -3.15. The second kappa shape index (κ2) is 7.61. The first kappa shape index (κ1) is 17.3. The van der Waals surface area contributed by atoms with Crippen LogP contribution in [0.4, 0.5) is 0 Å². The van der Waals surface area contributed by atoms with Crippen LogP contribution in [0.3, 0.4) is 0 Å². The number of hydrogen-bond acceptors (Lipinski definition) is 5. The van der Waals surface area contributed by atoms with Crippen LogP contribution in [0.2, 0.25) is 0 Å². The topological polar surface area (TPSA) is 77.3 Å². The molecule has 0 spiro atoms. The molecule has 138 valence electrons. The fourth-order valence-electron chi connectivity index (χ4n) is 3.35. The molecule has 6 heteroatoms. The SMILES string of the molecule is Cc1ncc2c(n1)CCCC2NC(=O)c1occc1COc1ccccc1. The average Bonchev–Trinajstić information content (AvgIpc) is 3.16. The second-order valence-electron chi connectivity index (χ2n) is 6.61. The summed E-state index contributed by atoms with van der Waals surface area (Å²) in [5.41, 5.74) is 2.73. The zero-order valence-corrected chi connectivity index (χ0v) is 15.1. The number of aryl methyl sites for hydroxylation is 2. The molecule has 0 bridgehead atoms. The molecule has 0 saturated carbocycles. The van der Waals surface area contributed by atoms with Crippen molar-refractivity contribution in [1.82, 2.24) is 15.3 Å². The summed E-state index contributed by atoms with van der Waals surface area (Å²) < 4.78 is 11.2. The van der Waals surface area contributed by atoms with E-state index < -0.39 is 0 Å². The summed E-state index contributed by atoms with van der Waals surface area (Å²) in [5, 5.41) is 3.07. The summed E-state index contributed by atoms with van der Waals surface area (Å²) in [6.07, 6.45) is 6.10. The second-order valence-corrected chi connectivity index (χ2v) is 6.61. The molecule has 0 radical (unpaired) electrons. The predicted octanol–water partition coefficient (Wildman–Crippen LogP) is 3.76. The van der Waals surface area contributed by atoms with Crippen molar-refractivity contribution in [3.63, 3.8) is 0 Å². The van der Waals surface area contributed by atoms with Crippen molar-refractivity contribution in [3.8, 4) is 5.75 Å². The molecule has 1 aliphatic carbocycles. The van der Waals surface area contributed by atoms with Crippen LogP contribution in [0, 0.1) is 6.92 Å². The maximum atomic E-state index is 12.8. The molecule has 1 aromatic carbocycles. The highest BCUT2D eigenvalue weighted by molar-refractivity contribution is 5.93. The Kier molecular flexibility index (Phi) is 4.87. The van der Waals surface area contributed by atoms with Crippen molar-refractivity contribution in [2.45, 2.75) is 38.8 Å². The van der Waals surface area contributed by atoms with E-state index in [1.165, 1.54) is 6.26 Å². The average molecular weight is 363 g/mol. The number of carbonyl (C=O) groups excluding carboxylic acids is 1. The van der Waals surface area contributed by atoms with E-state index in [4.69, 9.17) is 9.15 Å². The van der Waals surface area contributed by atoms with Gasteiger partial charge >= 0.3 is 0 Å². The van der Waals surface area contributed by atoms with E-state index in [0.717, 1.165) is 42.1 Å². The smallest absolute Gasteiger partial charge is 0.287 e. The Morgan fingerprint density at radius 3 is 3.00 bits per heavy atom. The summed E-state index contributed by atoms with van der Waals surface area (Å²) in [6, 6.07) is 11.2. The molecule has 1 amide bonds. The van der Waals surface area contributed by atoms with E-state index in [0.29, 0.717) is 5.56 Å². The maximum Gasteiger partial charge on any atom is 0.287 e. The predicted molar refractivity (Wildman–Crippen MR) is 99.4 cm³/mol. The van der Waals surface area contributed by atoms with Gasteiger partial charge in [0, 0.05) is 23.0 Å². The van der Waals surface area contributed by atoms with E-state index in [1.807, 2.05) is 43.5 Å². The lowest BCUT2D eigenvalue weighted by Gasteiger charge is -2.25. The number of benzene rings is 1. The minimum absolute atomic E-state index is 0.102. The Morgan fingerprint density at radius 2 is 2.15 bits per heavy atom. The third-order valence-electron chi connectivity index (χ3n) is 4.70. The van der Waals surface area contributed by atoms with Crippen LogP contribution in [-0.2, 0) is 13.0 Å². The van der Waals surface area contributed by atoms with Crippen LogP contribution in [0.5, 0.6) is 5.75 Å². The molecular formula is C21H21N3O3. The summed E-state index contributed by atoms with van der Waals surface area (Å²) in [7, 11) is 0. The lowest BCUT2D eigenvalue weighted by Crippen LogP contribution is -2.32. The molecule has 1 atom stereocenters. The third kappa shape index (κ3) is 3.84. The first-order valence-corrected chi connectivity index (χ1v) is 9.08.